The number of nitrogens with one attached hydrogen (secondary N) is 5. The van der Waals surface area contributed by atoms with Crippen LogP contribution in [0.4, 0.5) is 0 Å². The number of phosphoric ester groups is 1. The van der Waals surface area contributed by atoms with Crippen LogP contribution in [0.1, 0.15) is 129 Å². The van der Waals surface area contributed by atoms with Crippen molar-refractivity contribution < 1.29 is 98.1 Å². The fraction of sp³-hybridized carbons (Fsp3) is 0.720. The third kappa shape index (κ3) is 19.7. The maximum Gasteiger partial charge on any atom is 0.317 e. The Balaban J connectivity index is 1.71. The highest BCUT2D eigenvalue weighted by atomic mass is 31.2. The second kappa shape index (κ2) is 30.4. The van der Waals surface area contributed by atoms with Crippen LogP contribution in [-0.4, -0.2) is 195 Å². The van der Waals surface area contributed by atoms with E-state index in [1.165, 1.54) is 6.42 Å². The number of benzene rings is 1. The number of phosphoric acid groups is 1. The predicted molar refractivity (Wildman–Crippen MR) is 274 cm³/mol. The first-order chi connectivity index (χ1) is 37.0. The van der Waals surface area contributed by atoms with Crippen molar-refractivity contribution in [3.63, 3.8) is 0 Å². The van der Waals surface area contributed by atoms with Gasteiger partial charge in [0.1, 0.15) is 60.3 Å². The Hall–Kier alpha value is -5.39. The number of hydrogen-bond donors (Lipinski definition) is 15. The quantitative estimate of drug-likeness (QED) is 0.0387. The van der Waals surface area contributed by atoms with Crippen LogP contribution >= 0.6 is 7.82 Å². The minimum atomic E-state index is -5.32. The minimum Gasteiger partial charge on any atom is -0.746 e. The second-order valence-electron chi connectivity index (χ2n) is 21.1. The van der Waals surface area contributed by atoms with Gasteiger partial charge >= 0.3 is 7.82 Å². The van der Waals surface area contributed by atoms with Crippen molar-refractivity contribution in [1.82, 2.24) is 36.4 Å². The van der Waals surface area contributed by atoms with E-state index in [0.717, 1.165) is 69.7 Å². The lowest BCUT2D eigenvalue weighted by atomic mass is 9.91. The standard InChI is InChI=1S/C50H81N8O20P/c1-5-25(2)20-26(3)12-10-8-6-7-9-11-13-37(65)52-31-22-35(63)46(70)56-48(72)41-33(61)18-19-57(41)50(74)39(34(62)23-36(51)64)54-47(71)40(43(67)42(66)28-14-16-30(17-15-28)78-79(75,76)77)55-45(69)32-21-29(60)24-58(32)49(73)38(27(4)59)53-44(31)68/h14-17,25-27,29,31-35,38-43,46,59-63,66-67,70H,5-13,18-24H2,1-4H3,(H2,51,64)(H,52,65)(H,53,68)(H,54,71)(H,55,69)(H,56,72)(H2,75,76,77)/p-1. The van der Waals surface area contributed by atoms with Crippen LogP contribution in [0.3, 0.4) is 0 Å². The lowest BCUT2D eigenvalue weighted by Gasteiger charge is -2.34. The summed E-state index contributed by atoms with van der Waals surface area (Å²) < 4.78 is 15.7. The first-order valence-corrected chi connectivity index (χ1v) is 28.2. The fourth-order valence-corrected chi connectivity index (χ4v) is 10.4. The van der Waals surface area contributed by atoms with Gasteiger partial charge in [-0.1, -0.05) is 77.8 Å². The number of rotatable bonds is 22. The average Bonchev–Trinajstić information content (AvgIpc) is 4.08. The number of aliphatic hydroxyl groups is 8. The molecule has 3 fully saturated rings. The summed E-state index contributed by atoms with van der Waals surface area (Å²) in [5.41, 5.74) is 5.02. The zero-order valence-corrected chi connectivity index (χ0v) is 45.7. The average molecular weight is 1140 g/mol. The molecule has 3 aliphatic rings. The zero-order chi connectivity index (χ0) is 59.1. The molecule has 1 aromatic carbocycles. The summed E-state index contributed by atoms with van der Waals surface area (Å²) in [5.74, 6) is -9.22. The number of amides is 8. The number of unbranched alkanes of at least 4 members (excludes halogenated alkanes) is 5. The summed E-state index contributed by atoms with van der Waals surface area (Å²) >= 11 is 0. The molecule has 16 N–H and O–H groups in total. The molecule has 0 saturated carbocycles. The molecular weight excluding hydrogens is 1060 g/mol. The highest BCUT2D eigenvalue weighted by Gasteiger charge is 2.49. The number of hydrogen-bond acceptors (Lipinski definition) is 19. The van der Waals surface area contributed by atoms with E-state index in [2.05, 4.69) is 46.6 Å². The van der Waals surface area contributed by atoms with E-state index in [1.54, 1.807) is 0 Å². The SMILES string of the molecule is CCC(C)CC(C)CCCCCCCCC(=O)NC1CC(O)C(O)NC(=O)C2C(O)CCN2C(=O)C(C(O)CC(N)=O)NC(=O)C(C(O)C(O)c2ccc(OP(=O)([O-])O)cc2)NC(=O)C2CC(O)CN2C(=O)C(C(C)O)NC1=O. The Kier molecular flexibility index (Phi) is 25.5. The zero-order valence-electron chi connectivity index (χ0n) is 44.8. The van der Waals surface area contributed by atoms with Crippen molar-refractivity contribution in [2.75, 3.05) is 13.1 Å². The topological polar surface area (TPSA) is 461 Å². The van der Waals surface area contributed by atoms with Crippen LogP contribution in [0.2, 0.25) is 0 Å². The molecule has 79 heavy (non-hydrogen) atoms. The Morgan fingerprint density at radius 3 is 1.97 bits per heavy atom. The third-order valence-electron chi connectivity index (χ3n) is 14.5. The van der Waals surface area contributed by atoms with Crippen molar-refractivity contribution in [3.8, 4) is 5.75 Å². The first kappa shape index (κ1) is 66.1. The van der Waals surface area contributed by atoms with Gasteiger partial charge in [0.2, 0.25) is 47.3 Å². The maximum atomic E-state index is 14.4. The number of carbonyl (C=O) groups is 8. The molecule has 3 aliphatic heterocycles. The van der Waals surface area contributed by atoms with Crippen molar-refractivity contribution in [1.29, 1.82) is 0 Å². The van der Waals surface area contributed by atoms with E-state index in [9.17, 15) is 88.7 Å². The molecule has 0 bridgehead atoms. The van der Waals surface area contributed by atoms with Gasteiger partial charge in [0.25, 0.3) is 0 Å². The number of carbonyl (C=O) groups excluding carboxylic acids is 8. The van der Waals surface area contributed by atoms with E-state index in [4.69, 9.17) is 10.6 Å². The van der Waals surface area contributed by atoms with Crippen molar-refractivity contribution in [2.45, 2.75) is 203 Å². The summed E-state index contributed by atoms with van der Waals surface area (Å²) in [6.45, 7) is 6.61. The van der Waals surface area contributed by atoms with E-state index in [0.29, 0.717) is 34.5 Å². The Morgan fingerprint density at radius 1 is 0.772 bits per heavy atom. The number of fused-ring (bicyclic) bond motifs is 2. The van der Waals surface area contributed by atoms with Crippen LogP contribution in [0.15, 0.2) is 24.3 Å². The minimum absolute atomic E-state index is 0.104. The van der Waals surface area contributed by atoms with Gasteiger partial charge in [-0.15, -0.1) is 0 Å². The van der Waals surface area contributed by atoms with Crippen LogP contribution < -0.4 is 41.7 Å². The first-order valence-electron chi connectivity index (χ1n) is 26.7. The number of nitrogens with two attached hydrogens (primary N) is 1. The molecule has 0 radical (unpaired) electrons. The fourth-order valence-electron chi connectivity index (χ4n) is 9.98. The summed E-state index contributed by atoms with van der Waals surface area (Å²) in [7, 11) is -5.32. The Labute approximate surface area is 457 Å². The van der Waals surface area contributed by atoms with E-state index in [-0.39, 0.29) is 18.4 Å². The molecule has 17 atom stereocenters. The molecule has 17 unspecified atom stereocenters. The monoisotopic (exact) mass is 1140 g/mol. The maximum absolute atomic E-state index is 14.4. The molecule has 1 aromatic rings. The van der Waals surface area contributed by atoms with Crippen molar-refractivity contribution >= 4 is 55.1 Å². The van der Waals surface area contributed by atoms with Crippen LogP contribution in [0, 0.1) is 11.8 Å². The summed E-state index contributed by atoms with van der Waals surface area (Å²) in [4.78, 5) is 133. The summed E-state index contributed by atoms with van der Waals surface area (Å²) in [5, 5.41) is 101. The highest BCUT2D eigenvalue weighted by molar-refractivity contribution is 7.45. The molecule has 3 saturated heterocycles. The molecule has 8 amide bonds. The lowest BCUT2D eigenvalue weighted by molar-refractivity contribution is -0.211. The summed E-state index contributed by atoms with van der Waals surface area (Å²) in [6, 6.07) is -8.54. The molecule has 3 heterocycles. The number of aliphatic hydroxyl groups excluding tert-OH is 8. The van der Waals surface area contributed by atoms with Gasteiger partial charge in [-0.25, -0.2) is 0 Å². The van der Waals surface area contributed by atoms with Gasteiger partial charge in [-0.2, -0.15) is 0 Å². The van der Waals surface area contributed by atoms with Gasteiger partial charge < -0.3 is 97.3 Å². The Morgan fingerprint density at radius 2 is 1.37 bits per heavy atom. The normalized spacial score (nSPS) is 28.9. The smallest absolute Gasteiger partial charge is 0.317 e. The van der Waals surface area contributed by atoms with E-state index in [1.807, 2.05) is 5.32 Å². The molecular formula is C50H80N8O20P-. The van der Waals surface area contributed by atoms with Crippen LogP contribution in [-0.2, 0) is 42.9 Å². The van der Waals surface area contributed by atoms with Gasteiger partial charge in [0.05, 0.1) is 30.8 Å². The van der Waals surface area contributed by atoms with Crippen LogP contribution in [0.25, 0.3) is 0 Å². The second-order valence-corrected chi connectivity index (χ2v) is 22.2. The molecule has 446 valence electrons. The van der Waals surface area contributed by atoms with E-state index >= 15 is 0 Å². The van der Waals surface area contributed by atoms with Crippen LogP contribution in [0.5, 0.6) is 5.75 Å². The molecule has 0 aliphatic carbocycles. The van der Waals surface area contributed by atoms with Crippen molar-refractivity contribution in [2.24, 2.45) is 17.6 Å². The van der Waals surface area contributed by atoms with Gasteiger partial charge in [0.15, 0.2) is 6.23 Å². The van der Waals surface area contributed by atoms with Crippen molar-refractivity contribution in [3.05, 3.63) is 29.8 Å². The van der Waals surface area contributed by atoms with Gasteiger partial charge in [-0.05, 0) is 55.7 Å². The van der Waals surface area contributed by atoms with Gasteiger partial charge in [0, 0.05) is 32.4 Å². The Bertz CT molecular complexity index is 2290. The third-order valence-corrected chi connectivity index (χ3v) is 15.0. The largest absolute Gasteiger partial charge is 0.746 e. The summed E-state index contributed by atoms with van der Waals surface area (Å²) in [6.07, 6.45) is -11.1. The molecule has 29 heteroatoms. The molecule has 4 rings (SSSR count). The number of primary amides is 1. The molecule has 28 nitrogen and oxygen atoms in total. The molecule has 0 aromatic heterocycles. The predicted octanol–water partition coefficient (Wildman–Crippen LogP) is -4.21. The molecule has 0 spiro atoms. The number of nitrogens with zero attached hydrogens (tertiary/aromatic N) is 2. The van der Waals surface area contributed by atoms with Gasteiger partial charge in [-0.3, -0.25) is 42.9 Å². The lowest BCUT2D eigenvalue weighted by Crippen LogP contribution is -2.64. The van der Waals surface area contributed by atoms with E-state index < -0.39 is 178 Å². The highest BCUT2D eigenvalue weighted by Crippen LogP contribution is 2.34.